The van der Waals surface area contributed by atoms with Crippen LogP contribution in [0.4, 0.5) is 0 Å². The lowest BCUT2D eigenvalue weighted by Gasteiger charge is -2.13. The van der Waals surface area contributed by atoms with Gasteiger partial charge in [0, 0.05) is 23.9 Å². The van der Waals surface area contributed by atoms with Crippen LogP contribution < -0.4 is 4.74 Å². The Hall–Kier alpha value is -3.68. The van der Waals surface area contributed by atoms with Gasteiger partial charge >= 0.3 is 0 Å². The van der Waals surface area contributed by atoms with Gasteiger partial charge in [-0.1, -0.05) is 98.2 Å². The van der Waals surface area contributed by atoms with E-state index < -0.39 is 0 Å². The van der Waals surface area contributed by atoms with Crippen molar-refractivity contribution in [2.75, 3.05) is 6.54 Å². The van der Waals surface area contributed by atoms with Gasteiger partial charge < -0.3 is 4.74 Å². The fourth-order valence-electron chi connectivity index (χ4n) is 4.52. The topological polar surface area (TPSA) is 47.4 Å². The first kappa shape index (κ1) is 27.9. The summed E-state index contributed by atoms with van der Waals surface area (Å²) in [5, 5.41) is 4.92. The van der Waals surface area contributed by atoms with E-state index >= 15 is 0 Å². The second kappa shape index (κ2) is 13.1. The predicted molar refractivity (Wildman–Crippen MR) is 169 cm³/mol. The first-order valence-corrected chi connectivity index (χ1v) is 14.9. The standard InChI is InChI=1S/C33H33N3O2S2/c1-3-4-5-9-20-35-32(37)30(40-33(35)39)21-27-22-36(28-10-7-6-8-11-28)34-31(27)26-16-18-29(19-17-26)38-23-25-14-12-24(2)13-15-25/h6-8,10-19,21-22H,3-5,9,20,23H2,1-2H3. The van der Waals surface area contributed by atoms with Gasteiger partial charge in [-0.3, -0.25) is 9.69 Å². The van der Waals surface area contributed by atoms with Crippen molar-refractivity contribution < 1.29 is 9.53 Å². The van der Waals surface area contributed by atoms with Crippen molar-refractivity contribution in [2.45, 2.75) is 46.1 Å². The van der Waals surface area contributed by atoms with Crippen LogP contribution in [0.2, 0.25) is 0 Å². The maximum atomic E-state index is 13.3. The molecule has 2 heterocycles. The van der Waals surface area contributed by atoms with Crippen molar-refractivity contribution in [3.63, 3.8) is 0 Å². The molecule has 40 heavy (non-hydrogen) atoms. The Kier molecular flexibility index (Phi) is 9.14. The molecule has 0 saturated carbocycles. The van der Waals surface area contributed by atoms with Gasteiger partial charge in [0.05, 0.1) is 16.3 Å². The number of carbonyl (C=O) groups excluding carboxylic acids is 1. The molecule has 204 valence electrons. The van der Waals surface area contributed by atoms with E-state index in [2.05, 4.69) is 38.1 Å². The fraction of sp³-hybridized carbons (Fsp3) is 0.242. The van der Waals surface area contributed by atoms with Gasteiger partial charge in [-0.05, 0) is 61.4 Å². The molecule has 5 rings (SSSR count). The lowest BCUT2D eigenvalue weighted by Crippen LogP contribution is -2.29. The Morgan fingerprint density at radius 2 is 1.70 bits per heavy atom. The highest BCUT2D eigenvalue weighted by atomic mass is 32.2. The average Bonchev–Trinajstić information content (AvgIpc) is 3.52. The first-order valence-electron chi connectivity index (χ1n) is 13.7. The summed E-state index contributed by atoms with van der Waals surface area (Å²) in [4.78, 5) is 15.6. The second-order valence-electron chi connectivity index (χ2n) is 9.91. The molecule has 1 saturated heterocycles. The molecule has 1 fully saturated rings. The number of unbranched alkanes of at least 4 members (excludes halogenated alkanes) is 3. The van der Waals surface area contributed by atoms with Crippen molar-refractivity contribution in [3.05, 3.63) is 107 Å². The molecule has 5 nitrogen and oxygen atoms in total. The predicted octanol–water partition coefficient (Wildman–Crippen LogP) is 8.21. The van der Waals surface area contributed by atoms with E-state index in [1.165, 1.54) is 23.7 Å². The number of hydrogen-bond donors (Lipinski definition) is 0. The molecule has 1 aromatic heterocycles. The lowest BCUT2D eigenvalue weighted by atomic mass is 10.1. The van der Waals surface area contributed by atoms with Gasteiger partial charge in [-0.2, -0.15) is 5.10 Å². The van der Waals surface area contributed by atoms with Crippen LogP contribution in [-0.2, 0) is 11.4 Å². The van der Waals surface area contributed by atoms with Gasteiger partial charge in [0.25, 0.3) is 5.91 Å². The summed E-state index contributed by atoms with van der Waals surface area (Å²) in [5.41, 5.74) is 5.91. The molecular weight excluding hydrogens is 535 g/mol. The van der Waals surface area contributed by atoms with Crippen molar-refractivity contribution in [1.82, 2.24) is 14.7 Å². The zero-order valence-electron chi connectivity index (χ0n) is 22.9. The molecule has 0 aliphatic carbocycles. The number of benzene rings is 3. The monoisotopic (exact) mass is 567 g/mol. The number of para-hydroxylation sites is 1. The normalized spacial score (nSPS) is 14.3. The van der Waals surface area contributed by atoms with E-state index in [9.17, 15) is 4.79 Å². The van der Waals surface area contributed by atoms with E-state index in [1.807, 2.05) is 71.6 Å². The summed E-state index contributed by atoms with van der Waals surface area (Å²) in [7, 11) is 0. The largest absolute Gasteiger partial charge is 0.489 e. The van der Waals surface area contributed by atoms with E-state index in [1.54, 1.807) is 4.90 Å². The Bertz CT molecular complexity index is 1490. The molecule has 4 aromatic rings. The third kappa shape index (κ3) is 6.72. The van der Waals surface area contributed by atoms with Gasteiger partial charge in [0.15, 0.2) is 0 Å². The summed E-state index contributed by atoms with van der Waals surface area (Å²) >= 11 is 6.94. The van der Waals surface area contributed by atoms with Crippen LogP contribution in [0.25, 0.3) is 23.0 Å². The highest BCUT2D eigenvalue weighted by molar-refractivity contribution is 8.26. The molecule has 0 atom stereocenters. The molecule has 1 amide bonds. The minimum Gasteiger partial charge on any atom is -0.489 e. The first-order chi connectivity index (χ1) is 19.5. The van der Waals surface area contributed by atoms with Crippen molar-refractivity contribution in [3.8, 4) is 22.7 Å². The second-order valence-corrected chi connectivity index (χ2v) is 11.6. The van der Waals surface area contributed by atoms with Gasteiger partial charge in [-0.25, -0.2) is 4.68 Å². The van der Waals surface area contributed by atoms with Crippen molar-refractivity contribution in [1.29, 1.82) is 0 Å². The van der Waals surface area contributed by atoms with Crippen LogP contribution >= 0.6 is 24.0 Å². The number of rotatable bonds is 11. The van der Waals surface area contributed by atoms with E-state index in [0.29, 0.717) is 22.4 Å². The van der Waals surface area contributed by atoms with Crippen molar-refractivity contribution >= 4 is 40.3 Å². The third-order valence-electron chi connectivity index (χ3n) is 6.81. The molecule has 1 aliphatic rings. The minimum absolute atomic E-state index is 0.0234. The van der Waals surface area contributed by atoms with E-state index in [0.717, 1.165) is 53.1 Å². The summed E-state index contributed by atoms with van der Waals surface area (Å²) in [6.07, 6.45) is 8.29. The Labute approximate surface area is 245 Å². The van der Waals surface area contributed by atoms with Gasteiger partial charge in [0.1, 0.15) is 16.7 Å². The number of thioether (sulfide) groups is 1. The molecule has 0 spiro atoms. The maximum Gasteiger partial charge on any atom is 0.266 e. The summed E-state index contributed by atoms with van der Waals surface area (Å²) < 4.78 is 8.50. The summed E-state index contributed by atoms with van der Waals surface area (Å²) in [6, 6.07) is 26.3. The lowest BCUT2D eigenvalue weighted by molar-refractivity contribution is -0.122. The SMILES string of the molecule is CCCCCCN1C(=O)C(=Cc2cn(-c3ccccc3)nc2-c2ccc(OCc3ccc(C)cc3)cc2)SC1=S. The zero-order chi connectivity index (χ0) is 27.9. The summed E-state index contributed by atoms with van der Waals surface area (Å²) in [6.45, 7) is 5.43. The molecule has 0 radical (unpaired) electrons. The van der Waals surface area contributed by atoms with Crippen LogP contribution in [0.3, 0.4) is 0 Å². The maximum absolute atomic E-state index is 13.3. The fourth-order valence-corrected chi connectivity index (χ4v) is 5.82. The minimum atomic E-state index is -0.0234. The van der Waals surface area contributed by atoms with Crippen LogP contribution in [0.15, 0.2) is 90.0 Å². The number of carbonyl (C=O) groups is 1. The van der Waals surface area contributed by atoms with Gasteiger partial charge in [-0.15, -0.1) is 0 Å². The van der Waals surface area contributed by atoms with E-state index in [-0.39, 0.29) is 5.91 Å². The number of aromatic nitrogens is 2. The van der Waals surface area contributed by atoms with Crippen LogP contribution in [0, 0.1) is 6.92 Å². The van der Waals surface area contributed by atoms with E-state index in [4.69, 9.17) is 22.1 Å². The Morgan fingerprint density at radius 1 is 0.950 bits per heavy atom. The molecule has 1 aliphatic heterocycles. The number of thiocarbonyl (C=S) groups is 1. The number of hydrogen-bond acceptors (Lipinski definition) is 5. The average molecular weight is 568 g/mol. The molecule has 0 bridgehead atoms. The smallest absolute Gasteiger partial charge is 0.266 e. The van der Waals surface area contributed by atoms with Crippen LogP contribution in [0.5, 0.6) is 5.75 Å². The quantitative estimate of drug-likeness (QED) is 0.104. The third-order valence-corrected chi connectivity index (χ3v) is 8.19. The number of amides is 1. The number of nitrogens with zero attached hydrogens (tertiary/aromatic N) is 3. The van der Waals surface area contributed by atoms with Crippen molar-refractivity contribution in [2.24, 2.45) is 0 Å². The Morgan fingerprint density at radius 3 is 2.42 bits per heavy atom. The highest BCUT2D eigenvalue weighted by Gasteiger charge is 2.32. The van der Waals surface area contributed by atoms with Crippen LogP contribution in [0.1, 0.15) is 49.3 Å². The molecule has 7 heteroatoms. The summed E-state index contributed by atoms with van der Waals surface area (Å²) in [5.74, 6) is 0.766. The highest BCUT2D eigenvalue weighted by Crippen LogP contribution is 2.35. The molecule has 0 N–H and O–H groups in total. The number of ether oxygens (including phenoxy) is 1. The number of aryl methyl sites for hydroxylation is 1. The molecule has 0 unspecified atom stereocenters. The Balaban J connectivity index is 1.39. The van der Waals surface area contributed by atoms with Gasteiger partial charge in [0.2, 0.25) is 0 Å². The molecule has 3 aromatic carbocycles. The van der Waals surface area contributed by atoms with Crippen LogP contribution in [-0.4, -0.2) is 31.5 Å². The zero-order valence-corrected chi connectivity index (χ0v) is 24.5. The molecular formula is C33H33N3O2S2.